The van der Waals surface area contributed by atoms with Crippen molar-refractivity contribution in [2.24, 2.45) is 0 Å². The molecule has 2 aromatic heterocycles. The third kappa shape index (κ3) is 2.93. The quantitative estimate of drug-likeness (QED) is 0.645. The molecule has 7 heteroatoms. The van der Waals surface area contributed by atoms with Crippen molar-refractivity contribution in [2.75, 3.05) is 11.9 Å². The van der Waals surface area contributed by atoms with Crippen LogP contribution in [0.25, 0.3) is 0 Å². The Morgan fingerprint density at radius 3 is 2.90 bits per heavy atom. The minimum atomic E-state index is -0.388. The molecule has 0 amide bonds. The molecular weight excluding hydrogens is 258 g/mol. The van der Waals surface area contributed by atoms with Gasteiger partial charge in [-0.15, -0.1) is 0 Å². The van der Waals surface area contributed by atoms with Crippen LogP contribution in [-0.4, -0.2) is 26.2 Å². The van der Waals surface area contributed by atoms with Gasteiger partial charge >= 0.3 is 5.69 Å². The van der Waals surface area contributed by atoms with Crippen LogP contribution in [-0.2, 0) is 13.0 Å². The van der Waals surface area contributed by atoms with E-state index in [0.717, 1.165) is 12.0 Å². The predicted molar refractivity (Wildman–Crippen MR) is 75.7 cm³/mol. The fourth-order valence-electron chi connectivity index (χ4n) is 2.07. The molecule has 0 atom stereocenters. The van der Waals surface area contributed by atoms with Gasteiger partial charge in [0.05, 0.1) is 4.92 Å². The molecule has 2 rings (SSSR count). The summed E-state index contributed by atoms with van der Waals surface area (Å²) in [5.74, 6) is 0.471. The van der Waals surface area contributed by atoms with Crippen LogP contribution in [0.3, 0.4) is 0 Å². The number of hydrogen-bond donors (Lipinski definition) is 1. The molecule has 0 spiro atoms. The van der Waals surface area contributed by atoms with E-state index < -0.39 is 0 Å². The van der Waals surface area contributed by atoms with Gasteiger partial charge in [0.1, 0.15) is 5.69 Å². The summed E-state index contributed by atoms with van der Waals surface area (Å²) < 4.78 is 1.62. The molecule has 106 valence electrons. The minimum Gasteiger partial charge on any atom is -0.364 e. The van der Waals surface area contributed by atoms with Crippen molar-refractivity contribution in [3.63, 3.8) is 0 Å². The van der Waals surface area contributed by atoms with Crippen molar-refractivity contribution in [3.05, 3.63) is 45.9 Å². The highest BCUT2D eigenvalue weighted by Gasteiger charge is 2.24. The Hall–Kier alpha value is -2.44. The maximum atomic E-state index is 11.1. The molecule has 7 nitrogen and oxygen atoms in total. The van der Waals surface area contributed by atoms with Crippen molar-refractivity contribution in [2.45, 2.75) is 26.8 Å². The first-order chi connectivity index (χ1) is 9.63. The summed E-state index contributed by atoms with van der Waals surface area (Å²) in [5.41, 5.74) is 1.57. The standard InChI is InChI=1S/C13H17N5O2/c1-3-17-13(12(18(19)20)10(2)16-17)15-8-6-11-5-4-7-14-9-11/h4-5,7,9,15H,3,6,8H2,1-2H3. The van der Waals surface area contributed by atoms with Gasteiger partial charge in [0.15, 0.2) is 0 Å². The van der Waals surface area contributed by atoms with Gasteiger partial charge < -0.3 is 5.32 Å². The molecule has 0 saturated heterocycles. The molecule has 0 aliphatic rings. The first-order valence-corrected chi connectivity index (χ1v) is 6.48. The molecule has 0 aliphatic carbocycles. The zero-order valence-electron chi connectivity index (χ0n) is 11.5. The van der Waals surface area contributed by atoms with Gasteiger partial charge in [-0.2, -0.15) is 5.10 Å². The molecule has 1 N–H and O–H groups in total. The van der Waals surface area contributed by atoms with E-state index in [9.17, 15) is 10.1 Å². The van der Waals surface area contributed by atoms with Crippen LogP contribution in [0.15, 0.2) is 24.5 Å². The summed E-state index contributed by atoms with van der Waals surface area (Å²) in [4.78, 5) is 14.8. The topological polar surface area (TPSA) is 85.9 Å². The average molecular weight is 275 g/mol. The Balaban J connectivity index is 2.10. The number of anilines is 1. The van der Waals surface area contributed by atoms with Crippen LogP contribution in [0.5, 0.6) is 0 Å². The fraction of sp³-hybridized carbons (Fsp3) is 0.385. The predicted octanol–water partition coefficient (Wildman–Crippen LogP) is 2.17. The summed E-state index contributed by atoms with van der Waals surface area (Å²) in [6, 6.07) is 3.85. The van der Waals surface area contributed by atoms with Gasteiger partial charge in [0, 0.05) is 25.5 Å². The van der Waals surface area contributed by atoms with Gasteiger partial charge in [0.25, 0.3) is 0 Å². The second-order valence-electron chi connectivity index (χ2n) is 4.39. The summed E-state index contributed by atoms with van der Waals surface area (Å²) in [5, 5.41) is 18.4. The first kappa shape index (κ1) is 14.0. The summed E-state index contributed by atoms with van der Waals surface area (Å²) in [6.07, 6.45) is 4.26. The fourth-order valence-corrected chi connectivity index (χ4v) is 2.07. The number of nitrogens with zero attached hydrogens (tertiary/aromatic N) is 4. The normalized spacial score (nSPS) is 10.5. The van der Waals surface area contributed by atoms with Crippen molar-refractivity contribution < 1.29 is 4.92 Å². The second-order valence-corrected chi connectivity index (χ2v) is 4.39. The molecule has 0 bridgehead atoms. The van der Waals surface area contributed by atoms with E-state index >= 15 is 0 Å². The molecule has 0 saturated carbocycles. The second kappa shape index (κ2) is 6.14. The Kier molecular flexibility index (Phi) is 4.29. The van der Waals surface area contributed by atoms with Crippen molar-refractivity contribution in [3.8, 4) is 0 Å². The van der Waals surface area contributed by atoms with Gasteiger partial charge in [-0.3, -0.25) is 15.1 Å². The van der Waals surface area contributed by atoms with E-state index in [1.165, 1.54) is 0 Å². The van der Waals surface area contributed by atoms with Crippen molar-refractivity contribution in [1.82, 2.24) is 14.8 Å². The lowest BCUT2D eigenvalue weighted by molar-refractivity contribution is -0.384. The largest absolute Gasteiger partial charge is 0.364 e. The molecular formula is C13H17N5O2. The molecule has 2 heterocycles. The Morgan fingerprint density at radius 2 is 2.30 bits per heavy atom. The number of rotatable bonds is 6. The highest BCUT2D eigenvalue weighted by molar-refractivity contribution is 5.59. The van der Waals surface area contributed by atoms with Gasteiger partial charge in [-0.05, 0) is 31.9 Å². The number of nitrogens with one attached hydrogen (secondary N) is 1. The van der Waals surface area contributed by atoms with E-state index in [1.54, 1.807) is 24.0 Å². The zero-order valence-corrected chi connectivity index (χ0v) is 11.5. The third-order valence-electron chi connectivity index (χ3n) is 3.01. The zero-order chi connectivity index (χ0) is 14.5. The molecule has 0 aliphatic heterocycles. The lowest BCUT2D eigenvalue weighted by Gasteiger charge is -2.07. The average Bonchev–Trinajstić information content (AvgIpc) is 2.76. The number of aryl methyl sites for hydroxylation is 2. The molecule has 0 fully saturated rings. The van der Waals surface area contributed by atoms with Crippen LogP contribution < -0.4 is 5.32 Å². The molecule has 0 unspecified atom stereocenters. The van der Waals surface area contributed by atoms with Crippen molar-refractivity contribution in [1.29, 1.82) is 0 Å². The number of hydrogen-bond acceptors (Lipinski definition) is 5. The number of aromatic nitrogens is 3. The van der Waals surface area contributed by atoms with E-state index in [4.69, 9.17) is 0 Å². The van der Waals surface area contributed by atoms with E-state index in [2.05, 4.69) is 15.4 Å². The third-order valence-corrected chi connectivity index (χ3v) is 3.01. The molecule has 0 radical (unpaired) electrons. The van der Waals surface area contributed by atoms with E-state index in [-0.39, 0.29) is 10.6 Å². The highest BCUT2D eigenvalue weighted by atomic mass is 16.6. The lowest BCUT2D eigenvalue weighted by atomic mass is 10.2. The number of nitro groups is 1. The van der Waals surface area contributed by atoms with Crippen LogP contribution in [0.2, 0.25) is 0 Å². The monoisotopic (exact) mass is 275 g/mol. The minimum absolute atomic E-state index is 0.0537. The molecule has 0 aromatic carbocycles. The summed E-state index contributed by atoms with van der Waals surface area (Å²) in [6.45, 7) is 4.74. The van der Waals surface area contributed by atoms with Crippen molar-refractivity contribution >= 4 is 11.5 Å². The Labute approximate surface area is 116 Å². The number of pyridine rings is 1. The smallest absolute Gasteiger partial charge is 0.333 e. The maximum Gasteiger partial charge on any atom is 0.333 e. The maximum absolute atomic E-state index is 11.1. The van der Waals surface area contributed by atoms with E-state index in [1.807, 2.05) is 19.1 Å². The first-order valence-electron chi connectivity index (χ1n) is 6.48. The Bertz CT molecular complexity index is 594. The molecule has 2 aromatic rings. The Morgan fingerprint density at radius 1 is 1.50 bits per heavy atom. The summed E-state index contributed by atoms with van der Waals surface area (Å²) in [7, 11) is 0. The van der Waals surface area contributed by atoms with Crippen LogP contribution >= 0.6 is 0 Å². The molecule has 20 heavy (non-hydrogen) atoms. The van der Waals surface area contributed by atoms with E-state index in [0.29, 0.717) is 24.6 Å². The van der Waals surface area contributed by atoms with Gasteiger partial charge in [0.2, 0.25) is 5.82 Å². The van der Waals surface area contributed by atoms with Crippen LogP contribution in [0.1, 0.15) is 18.2 Å². The summed E-state index contributed by atoms with van der Waals surface area (Å²) >= 11 is 0. The van der Waals surface area contributed by atoms with Crippen LogP contribution in [0.4, 0.5) is 11.5 Å². The van der Waals surface area contributed by atoms with Gasteiger partial charge in [-0.25, -0.2) is 4.68 Å². The highest BCUT2D eigenvalue weighted by Crippen LogP contribution is 2.27. The lowest BCUT2D eigenvalue weighted by Crippen LogP contribution is -2.11. The van der Waals surface area contributed by atoms with Gasteiger partial charge in [-0.1, -0.05) is 6.07 Å². The van der Waals surface area contributed by atoms with Crippen LogP contribution in [0, 0.1) is 17.0 Å². The SMILES string of the molecule is CCn1nc(C)c([N+](=O)[O-])c1NCCc1cccnc1.